The van der Waals surface area contributed by atoms with E-state index in [1.165, 1.54) is 0 Å². The van der Waals surface area contributed by atoms with Crippen molar-refractivity contribution >= 4 is 29.1 Å². The van der Waals surface area contributed by atoms with E-state index in [-0.39, 0.29) is 25.1 Å². The van der Waals surface area contributed by atoms with Gasteiger partial charge in [0.25, 0.3) is 11.8 Å². The monoisotopic (exact) mass is 577 g/mol. The number of ether oxygens (including phenoxy) is 1. The largest absolute Gasteiger partial charge is 0.476 e. The molecule has 0 fully saturated rings. The predicted molar refractivity (Wildman–Crippen MR) is 134 cm³/mol. The Labute approximate surface area is 225 Å². The number of nitrogens with one attached hydrogen (secondary N) is 3. The number of carbonyl (C=O) groups excluding carboxylic acids is 2. The van der Waals surface area contributed by atoms with Crippen LogP contribution in [0.2, 0.25) is 5.02 Å². The minimum Gasteiger partial charge on any atom is -0.476 e. The molecule has 0 aliphatic heterocycles. The molecule has 2 aromatic carbocycles. The van der Waals surface area contributed by atoms with Crippen LogP contribution >= 0.6 is 11.6 Å². The molecule has 0 aromatic heterocycles. The summed E-state index contributed by atoms with van der Waals surface area (Å²) >= 11 is 5.87. The molecule has 0 aliphatic carbocycles. The van der Waals surface area contributed by atoms with Gasteiger partial charge in [-0.2, -0.15) is 26.3 Å². The lowest BCUT2D eigenvalue weighted by molar-refractivity contribution is -0.139. The lowest BCUT2D eigenvalue weighted by atomic mass is 9.95. The van der Waals surface area contributed by atoms with Gasteiger partial charge < -0.3 is 15.4 Å². The molecular formula is C26H26ClF6N3O3. The molecule has 1 atom stereocenters. The molecule has 13 heteroatoms. The molecule has 39 heavy (non-hydrogen) atoms. The van der Waals surface area contributed by atoms with Crippen molar-refractivity contribution < 1.29 is 40.7 Å². The summed E-state index contributed by atoms with van der Waals surface area (Å²) in [6.07, 6.45) is -8.81. The quantitative estimate of drug-likeness (QED) is 0.218. The average molecular weight is 578 g/mol. The van der Waals surface area contributed by atoms with Crippen LogP contribution < -0.4 is 15.4 Å². The van der Waals surface area contributed by atoms with Crippen molar-refractivity contribution in [1.29, 1.82) is 5.41 Å². The van der Waals surface area contributed by atoms with E-state index < -0.39 is 53.2 Å². The maximum atomic E-state index is 13.4. The summed E-state index contributed by atoms with van der Waals surface area (Å²) in [6, 6.07) is 9.93. The zero-order valence-corrected chi connectivity index (χ0v) is 21.7. The average Bonchev–Trinajstić information content (AvgIpc) is 2.86. The molecule has 0 aliphatic rings. The molecule has 2 amide bonds. The Bertz CT molecular complexity index is 1200. The Kier molecular flexibility index (Phi) is 10.6. The molecular weight excluding hydrogens is 552 g/mol. The van der Waals surface area contributed by atoms with E-state index in [9.17, 15) is 35.9 Å². The van der Waals surface area contributed by atoms with Gasteiger partial charge in [0.05, 0.1) is 17.7 Å². The standard InChI is InChI=1S/C26H26ClF6N3O3/c1-3-13-24(23(38)35-14-16-5-9-18(27)10-6-16,39-19-11-7-17(8-12-19)25(28,29)30)15-36-22(37)21(34)20(4-2)26(31,32)33/h4-12,34H,3,13-15H2,1-2H3,(H,35,38)(H,36,37)/b20-4+,34-21?. The zero-order valence-electron chi connectivity index (χ0n) is 20.9. The number of amides is 2. The highest BCUT2D eigenvalue weighted by Crippen LogP contribution is 2.32. The maximum absolute atomic E-state index is 13.4. The highest BCUT2D eigenvalue weighted by Gasteiger charge is 2.43. The van der Waals surface area contributed by atoms with Crippen molar-refractivity contribution in [3.8, 4) is 5.75 Å². The lowest BCUT2D eigenvalue weighted by Crippen LogP contribution is -2.58. The van der Waals surface area contributed by atoms with Crippen LogP contribution in [0.1, 0.15) is 37.8 Å². The van der Waals surface area contributed by atoms with Gasteiger partial charge in [0.1, 0.15) is 11.5 Å². The number of hydrogen-bond donors (Lipinski definition) is 3. The van der Waals surface area contributed by atoms with Gasteiger partial charge in [-0.05, 0) is 55.3 Å². The second-order valence-corrected chi connectivity index (χ2v) is 8.87. The highest BCUT2D eigenvalue weighted by molar-refractivity contribution is 6.44. The van der Waals surface area contributed by atoms with Gasteiger partial charge in [0, 0.05) is 11.6 Å². The van der Waals surface area contributed by atoms with Crippen LogP contribution in [0.4, 0.5) is 26.3 Å². The predicted octanol–water partition coefficient (Wildman–Crippen LogP) is 6.24. The van der Waals surface area contributed by atoms with Gasteiger partial charge >= 0.3 is 12.4 Å². The van der Waals surface area contributed by atoms with Crippen LogP contribution in [0.25, 0.3) is 0 Å². The molecule has 0 bridgehead atoms. The summed E-state index contributed by atoms with van der Waals surface area (Å²) in [5.41, 5.74) is -5.11. The normalized spacial score (nSPS) is 13.8. The van der Waals surface area contributed by atoms with Gasteiger partial charge in [-0.1, -0.05) is 43.2 Å². The minimum absolute atomic E-state index is 0.0155. The Hall–Kier alpha value is -3.54. The number of benzene rings is 2. The smallest absolute Gasteiger partial charge is 0.418 e. The molecule has 0 radical (unpaired) electrons. The van der Waals surface area contributed by atoms with Crippen molar-refractivity contribution in [1.82, 2.24) is 10.6 Å². The van der Waals surface area contributed by atoms with Crippen LogP contribution in [0.3, 0.4) is 0 Å². The third-order valence-electron chi connectivity index (χ3n) is 5.55. The van der Waals surface area contributed by atoms with Crippen molar-refractivity contribution in [2.24, 2.45) is 0 Å². The first-order chi connectivity index (χ1) is 18.1. The molecule has 0 saturated carbocycles. The van der Waals surface area contributed by atoms with Crippen LogP contribution in [0.5, 0.6) is 5.75 Å². The fourth-order valence-electron chi connectivity index (χ4n) is 3.59. The van der Waals surface area contributed by atoms with Crippen molar-refractivity contribution in [3.63, 3.8) is 0 Å². The fraction of sp³-hybridized carbons (Fsp3) is 0.346. The topological polar surface area (TPSA) is 91.3 Å². The Morgan fingerprint density at radius 2 is 1.56 bits per heavy atom. The highest BCUT2D eigenvalue weighted by atomic mass is 35.5. The third-order valence-corrected chi connectivity index (χ3v) is 5.81. The first kappa shape index (κ1) is 31.7. The first-order valence-electron chi connectivity index (χ1n) is 11.6. The van der Waals surface area contributed by atoms with Crippen molar-refractivity contribution in [2.75, 3.05) is 6.54 Å². The van der Waals surface area contributed by atoms with E-state index in [1.54, 1.807) is 31.2 Å². The van der Waals surface area contributed by atoms with Crippen molar-refractivity contribution in [2.45, 2.75) is 51.2 Å². The van der Waals surface area contributed by atoms with E-state index in [2.05, 4.69) is 10.6 Å². The van der Waals surface area contributed by atoms with Crippen molar-refractivity contribution in [3.05, 3.63) is 76.3 Å². The molecule has 0 heterocycles. The Morgan fingerprint density at radius 1 is 0.974 bits per heavy atom. The number of rotatable bonds is 11. The second-order valence-electron chi connectivity index (χ2n) is 8.44. The first-order valence-corrected chi connectivity index (χ1v) is 12.0. The van der Waals surface area contributed by atoms with Crippen LogP contribution in [-0.2, 0) is 22.3 Å². The van der Waals surface area contributed by atoms with Gasteiger partial charge in [0.2, 0.25) is 5.60 Å². The summed E-state index contributed by atoms with van der Waals surface area (Å²) in [7, 11) is 0. The molecule has 212 valence electrons. The second kappa shape index (κ2) is 13.0. The number of halogens is 7. The van der Waals surface area contributed by atoms with Crippen LogP contribution in [0.15, 0.2) is 60.2 Å². The molecule has 3 N–H and O–H groups in total. The summed E-state index contributed by atoms with van der Waals surface area (Å²) in [4.78, 5) is 25.9. The number of carbonyl (C=O) groups is 2. The van der Waals surface area contributed by atoms with Gasteiger partial charge in [-0.25, -0.2) is 0 Å². The third kappa shape index (κ3) is 8.74. The summed E-state index contributed by atoms with van der Waals surface area (Å²) in [5.74, 6) is -2.35. The number of allylic oxidation sites excluding steroid dienone is 1. The summed E-state index contributed by atoms with van der Waals surface area (Å²) in [5, 5.41) is 12.9. The van der Waals surface area contributed by atoms with Gasteiger partial charge in [-0.15, -0.1) is 0 Å². The molecule has 2 aromatic rings. The van der Waals surface area contributed by atoms with E-state index in [0.717, 1.165) is 31.2 Å². The minimum atomic E-state index is -4.96. The lowest BCUT2D eigenvalue weighted by Gasteiger charge is -2.33. The Morgan fingerprint density at radius 3 is 2.05 bits per heavy atom. The van der Waals surface area contributed by atoms with Crippen LogP contribution in [-0.4, -0.2) is 35.8 Å². The zero-order chi connectivity index (χ0) is 29.4. The fourth-order valence-corrected chi connectivity index (χ4v) is 3.71. The molecule has 1 unspecified atom stereocenters. The molecule has 0 spiro atoms. The number of hydrogen-bond acceptors (Lipinski definition) is 4. The van der Waals surface area contributed by atoms with E-state index in [1.807, 2.05) is 0 Å². The van der Waals surface area contributed by atoms with E-state index >= 15 is 0 Å². The summed E-state index contributed by atoms with van der Waals surface area (Å²) < 4.78 is 84.4. The van der Waals surface area contributed by atoms with Gasteiger partial charge in [-0.3, -0.25) is 15.0 Å². The van der Waals surface area contributed by atoms with Crippen LogP contribution in [0, 0.1) is 5.41 Å². The summed E-state index contributed by atoms with van der Waals surface area (Å²) in [6.45, 7) is 2.00. The number of alkyl halides is 6. The SMILES string of the molecule is C/C=C(\C(=N)C(=O)NCC(CCC)(Oc1ccc(C(F)(F)F)cc1)C(=O)NCc1ccc(Cl)cc1)C(F)(F)F. The molecule has 0 saturated heterocycles. The molecule has 6 nitrogen and oxygen atoms in total. The molecule has 2 rings (SSSR count). The van der Waals surface area contributed by atoms with Gasteiger partial charge in [0.15, 0.2) is 0 Å². The Balaban J connectivity index is 2.37. The van der Waals surface area contributed by atoms with E-state index in [0.29, 0.717) is 16.7 Å². The van der Waals surface area contributed by atoms with E-state index in [4.69, 9.17) is 21.7 Å². The maximum Gasteiger partial charge on any atom is 0.418 e.